The van der Waals surface area contributed by atoms with Crippen molar-refractivity contribution >= 4 is 76.1 Å². The second-order valence-corrected chi connectivity index (χ2v) is 13.8. The van der Waals surface area contributed by atoms with Crippen molar-refractivity contribution in [3.63, 3.8) is 0 Å². The van der Waals surface area contributed by atoms with Crippen LogP contribution < -0.4 is 0 Å². The molecule has 0 unspecified atom stereocenters. The number of fused-ring (bicyclic) bond motifs is 12. The van der Waals surface area contributed by atoms with E-state index in [1.807, 2.05) is 6.07 Å². The first kappa shape index (κ1) is 28.2. The van der Waals surface area contributed by atoms with Crippen LogP contribution in [0.15, 0.2) is 174 Å². The molecule has 0 saturated heterocycles. The molecule has 0 N–H and O–H groups in total. The molecule has 0 aliphatic rings. The summed E-state index contributed by atoms with van der Waals surface area (Å²) in [5.41, 5.74) is 11.3. The Morgan fingerprint density at radius 1 is 0.373 bits per heavy atom. The third-order valence-corrected chi connectivity index (χ3v) is 10.9. The lowest BCUT2D eigenvalue weighted by Crippen LogP contribution is -1.94. The van der Waals surface area contributed by atoms with Crippen molar-refractivity contribution in [1.29, 1.82) is 0 Å². The van der Waals surface area contributed by atoms with Gasteiger partial charge in [-0.25, -0.2) is 0 Å². The van der Waals surface area contributed by atoms with Crippen LogP contribution in [0.4, 0.5) is 0 Å². The van der Waals surface area contributed by atoms with Gasteiger partial charge in [-0.2, -0.15) is 0 Å². The van der Waals surface area contributed by atoms with E-state index in [-0.39, 0.29) is 0 Å². The van der Waals surface area contributed by atoms with E-state index in [0.717, 1.165) is 38.8 Å². The minimum Gasteiger partial charge on any atom is -0.455 e. The quantitative estimate of drug-likeness (QED) is 0.174. The number of hydrogen-bond donors (Lipinski definition) is 0. The Morgan fingerprint density at radius 2 is 0.922 bits per heavy atom. The zero-order chi connectivity index (χ0) is 33.6. The van der Waals surface area contributed by atoms with E-state index in [1.165, 1.54) is 70.8 Å². The topological polar surface area (TPSA) is 18.1 Å². The highest BCUT2D eigenvalue weighted by Gasteiger charge is 2.18. The highest BCUT2D eigenvalue weighted by molar-refractivity contribution is 6.25. The highest BCUT2D eigenvalue weighted by atomic mass is 16.3. The fourth-order valence-electron chi connectivity index (χ4n) is 8.40. The van der Waals surface area contributed by atoms with Gasteiger partial charge in [-0.15, -0.1) is 0 Å². The second kappa shape index (κ2) is 10.7. The van der Waals surface area contributed by atoms with Gasteiger partial charge in [0, 0.05) is 32.8 Å². The summed E-state index contributed by atoms with van der Waals surface area (Å²) in [4.78, 5) is 0. The third-order valence-electron chi connectivity index (χ3n) is 10.9. The summed E-state index contributed by atoms with van der Waals surface area (Å²) in [6.45, 7) is 2.14. The largest absolute Gasteiger partial charge is 0.455 e. The van der Waals surface area contributed by atoms with Gasteiger partial charge in [0.1, 0.15) is 11.2 Å². The molecule has 51 heavy (non-hydrogen) atoms. The van der Waals surface area contributed by atoms with Gasteiger partial charge in [0.2, 0.25) is 0 Å². The zero-order valence-corrected chi connectivity index (χ0v) is 28.0. The first-order valence-corrected chi connectivity index (χ1v) is 17.6. The summed E-state index contributed by atoms with van der Waals surface area (Å²) < 4.78 is 8.94. The minimum atomic E-state index is 0.914. The number of aromatic nitrogens is 1. The summed E-state index contributed by atoms with van der Waals surface area (Å²) in [7, 11) is 0. The first-order chi connectivity index (χ1) is 25.2. The van der Waals surface area contributed by atoms with E-state index in [9.17, 15) is 0 Å². The van der Waals surface area contributed by atoms with Gasteiger partial charge in [-0.1, -0.05) is 133 Å². The molecule has 11 rings (SSSR count). The zero-order valence-electron chi connectivity index (χ0n) is 28.0. The molecule has 0 spiro atoms. The maximum absolute atomic E-state index is 6.50. The van der Waals surface area contributed by atoms with Crippen LogP contribution in [-0.2, 0) is 0 Å². The highest BCUT2D eigenvalue weighted by Crippen LogP contribution is 2.42. The van der Waals surface area contributed by atoms with Gasteiger partial charge in [0.25, 0.3) is 0 Å². The molecule has 2 nitrogen and oxygen atoms in total. The van der Waals surface area contributed by atoms with Crippen molar-refractivity contribution in [3.05, 3.63) is 175 Å². The average Bonchev–Trinajstić information content (AvgIpc) is 3.73. The molecule has 0 saturated carbocycles. The molecule has 2 aromatic heterocycles. The molecule has 0 aliphatic carbocycles. The number of benzene rings is 9. The molecular weight excluding hydrogens is 619 g/mol. The van der Waals surface area contributed by atoms with Crippen LogP contribution in [0.3, 0.4) is 0 Å². The fourth-order valence-corrected chi connectivity index (χ4v) is 8.40. The number of hydrogen-bond acceptors (Lipinski definition) is 1. The Hall–Kier alpha value is -6.64. The van der Waals surface area contributed by atoms with Crippen molar-refractivity contribution in [1.82, 2.24) is 4.57 Å². The summed E-state index contributed by atoms with van der Waals surface area (Å²) in [5.74, 6) is 0. The summed E-state index contributed by atoms with van der Waals surface area (Å²) >= 11 is 0. The number of furan rings is 1. The number of aryl methyl sites for hydroxylation is 1. The molecule has 2 heterocycles. The van der Waals surface area contributed by atoms with Gasteiger partial charge >= 0.3 is 0 Å². The van der Waals surface area contributed by atoms with Gasteiger partial charge < -0.3 is 8.98 Å². The molecule has 2 heteroatoms. The monoisotopic (exact) mass is 649 g/mol. The van der Waals surface area contributed by atoms with E-state index in [1.54, 1.807) is 0 Å². The molecule has 0 bridgehead atoms. The lowest BCUT2D eigenvalue weighted by atomic mass is 9.94. The Morgan fingerprint density at radius 3 is 1.63 bits per heavy atom. The van der Waals surface area contributed by atoms with Crippen LogP contribution in [0.25, 0.3) is 104 Å². The molecule has 238 valence electrons. The SMILES string of the molecule is Cc1ccc(-c2ccc3c(c2)c2cc(-c4cccc5c4oc4ccccc45)ccc2n3-c2ccc3c4ccccc4c4ccccc4c3c2)cc1. The smallest absolute Gasteiger partial charge is 0.143 e. The van der Waals surface area contributed by atoms with Crippen molar-refractivity contribution in [3.8, 4) is 27.9 Å². The summed E-state index contributed by atoms with van der Waals surface area (Å²) in [6.07, 6.45) is 0. The van der Waals surface area contributed by atoms with Crippen molar-refractivity contribution in [2.75, 3.05) is 0 Å². The first-order valence-electron chi connectivity index (χ1n) is 17.6. The summed E-state index contributed by atoms with van der Waals surface area (Å²) in [5, 5.41) is 12.4. The Kier molecular flexibility index (Phi) is 5.91. The maximum Gasteiger partial charge on any atom is 0.143 e. The van der Waals surface area contributed by atoms with Crippen LogP contribution in [-0.4, -0.2) is 4.57 Å². The van der Waals surface area contributed by atoms with Crippen LogP contribution >= 0.6 is 0 Å². The van der Waals surface area contributed by atoms with Crippen LogP contribution in [0.1, 0.15) is 5.56 Å². The Labute approximate surface area is 294 Å². The lowest BCUT2D eigenvalue weighted by Gasteiger charge is -2.14. The number of rotatable bonds is 3. The molecular formula is C49H31NO. The van der Waals surface area contributed by atoms with Gasteiger partial charge in [0.05, 0.1) is 11.0 Å². The number of nitrogens with zero attached hydrogens (tertiary/aromatic N) is 1. The minimum absolute atomic E-state index is 0.914. The molecule has 0 fully saturated rings. The van der Waals surface area contributed by atoms with Gasteiger partial charge in [-0.3, -0.25) is 0 Å². The molecule has 0 aliphatic heterocycles. The van der Waals surface area contributed by atoms with Crippen molar-refractivity contribution in [2.24, 2.45) is 0 Å². The van der Waals surface area contributed by atoms with Gasteiger partial charge in [0.15, 0.2) is 0 Å². The van der Waals surface area contributed by atoms with Crippen LogP contribution in [0.2, 0.25) is 0 Å². The van der Waals surface area contributed by atoms with Crippen LogP contribution in [0.5, 0.6) is 0 Å². The van der Waals surface area contributed by atoms with Crippen LogP contribution in [0, 0.1) is 6.92 Å². The second-order valence-electron chi connectivity index (χ2n) is 13.8. The maximum atomic E-state index is 6.50. The Balaban J connectivity index is 1.20. The van der Waals surface area contributed by atoms with Crippen molar-refractivity contribution in [2.45, 2.75) is 6.92 Å². The van der Waals surface area contributed by atoms with Gasteiger partial charge in [-0.05, 0) is 98.4 Å². The molecule has 11 aromatic rings. The van der Waals surface area contributed by atoms with E-state index in [0.29, 0.717) is 0 Å². The third kappa shape index (κ3) is 4.17. The van der Waals surface area contributed by atoms with E-state index >= 15 is 0 Å². The fraction of sp³-hybridized carbons (Fsp3) is 0.0204. The molecule has 9 aromatic carbocycles. The summed E-state index contributed by atoms with van der Waals surface area (Å²) in [6, 6.07) is 62.1. The van der Waals surface area contributed by atoms with E-state index in [4.69, 9.17) is 4.42 Å². The van der Waals surface area contributed by atoms with E-state index < -0.39 is 0 Å². The van der Waals surface area contributed by atoms with E-state index in [2.05, 4.69) is 175 Å². The molecule has 0 radical (unpaired) electrons. The number of para-hydroxylation sites is 2. The Bertz CT molecular complexity index is 3160. The lowest BCUT2D eigenvalue weighted by molar-refractivity contribution is 0.670. The predicted octanol–water partition coefficient (Wildman–Crippen LogP) is 13.8. The van der Waals surface area contributed by atoms with Crippen molar-refractivity contribution < 1.29 is 4.42 Å². The molecule has 0 amide bonds. The average molecular weight is 650 g/mol. The molecule has 0 atom stereocenters. The normalized spacial score (nSPS) is 12.0. The standard InChI is InChI=1S/C49H31NO/c1-30-17-19-31(20-18-30)32-21-25-46-44(27-32)45-28-33(35-14-8-15-42-41-13-6-7-16-48(41)51-49(35)42)22-26-47(45)50(46)34-23-24-40-38-11-3-2-9-36(38)37-10-4-5-12-39(37)43(40)29-34/h2-29H,1H3. The predicted molar refractivity (Wildman–Crippen MR) is 216 cm³/mol.